The molecular weight excluding hydrogens is 396 g/mol. The van der Waals surface area contributed by atoms with Gasteiger partial charge in [-0.1, -0.05) is 18.2 Å². The molecule has 2 aromatic heterocycles. The zero-order valence-electron chi connectivity index (χ0n) is 17.0. The summed E-state index contributed by atoms with van der Waals surface area (Å²) >= 11 is 0. The average molecular weight is 418 g/mol. The van der Waals surface area contributed by atoms with Gasteiger partial charge < -0.3 is 19.3 Å². The van der Waals surface area contributed by atoms with Crippen LogP contribution in [0.1, 0.15) is 23.6 Å². The van der Waals surface area contributed by atoms with Crippen LogP contribution in [0.5, 0.6) is 5.75 Å². The molecule has 4 rings (SSSR count). The first kappa shape index (κ1) is 20.3. The van der Waals surface area contributed by atoms with Gasteiger partial charge in [0.05, 0.1) is 25.1 Å². The van der Waals surface area contributed by atoms with Crippen LogP contribution in [0.4, 0.5) is 0 Å². The van der Waals surface area contributed by atoms with Crippen molar-refractivity contribution in [2.75, 3.05) is 13.7 Å². The third-order valence-electron chi connectivity index (χ3n) is 5.26. The van der Waals surface area contributed by atoms with E-state index in [9.17, 15) is 14.7 Å². The van der Waals surface area contributed by atoms with Crippen LogP contribution in [0.25, 0.3) is 5.76 Å². The van der Waals surface area contributed by atoms with Crippen molar-refractivity contribution in [3.8, 4) is 5.75 Å². The molecule has 0 bridgehead atoms. The summed E-state index contributed by atoms with van der Waals surface area (Å²) in [7, 11) is 1.52. The highest BCUT2D eigenvalue weighted by Crippen LogP contribution is 2.39. The molecule has 1 amide bonds. The van der Waals surface area contributed by atoms with Gasteiger partial charge in [-0.2, -0.15) is 0 Å². The van der Waals surface area contributed by atoms with Gasteiger partial charge in [0.2, 0.25) is 0 Å². The number of aromatic nitrogens is 3. The second-order valence-corrected chi connectivity index (χ2v) is 7.16. The number of imidazole rings is 1. The Balaban J connectivity index is 1.72. The summed E-state index contributed by atoms with van der Waals surface area (Å²) in [6, 6.07) is 9.57. The van der Waals surface area contributed by atoms with Crippen LogP contribution in [0.2, 0.25) is 0 Å². The number of hydrogen-bond donors (Lipinski definition) is 1. The highest BCUT2D eigenvalue weighted by Gasteiger charge is 2.45. The number of aliphatic hydroxyl groups is 1. The van der Waals surface area contributed by atoms with Crippen molar-refractivity contribution in [3.05, 3.63) is 84.2 Å². The molecule has 8 heteroatoms. The lowest BCUT2D eigenvalue weighted by Gasteiger charge is -2.25. The lowest BCUT2D eigenvalue weighted by Crippen LogP contribution is -2.31. The Morgan fingerprint density at radius 3 is 2.71 bits per heavy atom. The molecule has 3 aromatic rings. The maximum atomic E-state index is 13.0. The smallest absolute Gasteiger partial charge is 0.295 e. The second-order valence-electron chi connectivity index (χ2n) is 7.16. The number of benzene rings is 1. The number of carbonyl (C=O) groups excluding carboxylic acids is 2. The average Bonchev–Trinajstić information content (AvgIpc) is 3.41. The zero-order valence-corrected chi connectivity index (χ0v) is 17.0. The van der Waals surface area contributed by atoms with Crippen LogP contribution in [0, 0.1) is 0 Å². The summed E-state index contributed by atoms with van der Waals surface area (Å²) in [5, 5.41) is 11.0. The van der Waals surface area contributed by atoms with Crippen molar-refractivity contribution in [2.45, 2.75) is 19.0 Å². The van der Waals surface area contributed by atoms with Crippen LogP contribution in [0.3, 0.4) is 0 Å². The Morgan fingerprint density at radius 2 is 2.00 bits per heavy atom. The van der Waals surface area contributed by atoms with E-state index >= 15 is 0 Å². The highest BCUT2D eigenvalue weighted by molar-refractivity contribution is 6.46. The van der Waals surface area contributed by atoms with Crippen molar-refractivity contribution in [1.82, 2.24) is 19.4 Å². The van der Waals surface area contributed by atoms with Gasteiger partial charge >= 0.3 is 0 Å². The lowest BCUT2D eigenvalue weighted by molar-refractivity contribution is -0.139. The number of Topliss-reactive ketones (excluding diaryl/α,β-unsaturated/α-hetero) is 1. The molecule has 1 fully saturated rings. The van der Waals surface area contributed by atoms with Crippen molar-refractivity contribution in [1.29, 1.82) is 0 Å². The normalized spacial score (nSPS) is 17.8. The van der Waals surface area contributed by atoms with E-state index in [-0.39, 0.29) is 11.3 Å². The molecule has 8 nitrogen and oxygen atoms in total. The number of likely N-dealkylation sites (tertiary alicyclic amines) is 1. The second kappa shape index (κ2) is 8.83. The number of nitrogens with zero attached hydrogens (tertiary/aromatic N) is 4. The van der Waals surface area contributed by atoms with E-state index in [1.54, 1.807) is 61.3 Å². The highest BCUT2D eigenvalue weighted by atomic mass is 16.5. The largest absolute Gasteiger partial charge is 0.507 e. The molecule has 158 valence electrons. The summed E-state index contributed by atoms with van der Waals surface area (Å²) in [5.74, 6) is -1.04. The van der Waals surface area contributed by atoms with Crippen LogP contribution in [0.15, 0.2) is 73.1 Å². The number of pyridine rings is 1. The van der Waals surface area contributed by atoms with Crippen molar-refractivity contribution < 1.29 is 19.4 Å². The van der Waals surface area contributed by atoms with Gasteiger partial charge in [0.15, 0.2) is 0 Å². The van der Waals surface area contributed by atoms with Crippen LogP contribution in [-0.4, -0.2) is 49.9 Å². The van der Waals surface area contributed by atoms with Gasteiger partial charge in [0, 0.05) is 43.4 Å². The zero-order chi connectivity index (χ0) is 21.8. The summed E-state index contributed by atoms with van der Waals surface area (Å²) < 4.78 is 7.13. The molecule has 0 saturated carbocycles. The standard InChI is InChI=1S/C23H22N4O4/c1-31-18-7-2-5-16(13-18)21(28)19-20(17-6-3-8-24-14-17)27(23(30)22(19)29)11-4-10-26-12-9-25-15-26/h2-3,5-9,12-15,20,28H,4,10-11H2,1H3/b21-19+/t20-/m1/s1. The van der Waals surface area contributed by atoms with E-state index in [1.807, 2.05) is 10.8 Å². The minimum atomic E-state index is -0.720. The predicted octanol–water partition coefficient (Wildman–Crippen LogP) is 2.80. The number of hydrogen-bond acceptors (Lipinski definition) is 6. The number of rotatable bonds is 7. The molecule has 3 heterocycles. The molecular formula is C23H22N4O4. The summed E-state index contributed by atoms with van der Waals surface area (Å²) in [4.78, 5) is 35.6. The maximum Gasteiger partial charge on any atom is 0.295 e. The molecule has 1 aliphatic heterocycles. The van der Waals surface area contributed by atoms with Crippen molar-refractivity contribution in [2.24, 2.45) is 0 Å². The van der Waals surface area contributed by atoms with E-state index in [2.05, 4.69) is 9.97 Å². The van der Waals surface area contributed by atoms with Gasteiger partial charge in [-0.15, -0.1) is 0 Å². The Morgan fingerprint density at radius 1 is 1.13 bits per heavy atom. The third kappa shape index (κ3) is 4.05. The first-order valence-electron chi connectivity index (χ1n) is 9.88. The van der Waals surface area contributed by atoms with Crippen LogP contribution >= 0.6 is 0 Å². The predicted molar refractivity (Wildman–Crippen MR) is 113 cm³/mol. The SMILES string of the molecule is COc1cccc(/C(O)=C2\C(=O)C(=O)N(CCCn3ccnc3)[C@@H]2c2cccnc2)c1. The fraction of sp³-hybridized carbons (Fsp3) is 0.217. The Labute approximate surface area is 179 Å². The summed E-state index contributed by atoms with van der Waals surface area (Å²) in [6.45, 7) is 0.996. The quantitative estimate of drug-likeness (QED) is 0.360. The van der Waals surface area contributed by atoms with Crippen LogP contribution in [-0.2, 0) is 16.1 Å². The first-order valence-corrected chi connectivity index (χ1v) is 9.88. The van der Waals surface area contributed by atoms with Gasteiger partial charge in [-0.05, 0) is 30.2 Å². The molecule has 1 aliphatic rings. The number of amides is 1. The lowest BCUT2D eigenvalue weighted by atomic mass is 9.96. The van der Waals surface area contributed by atoms with E-state index in [0.717, 1.165) is 0 Å². The molecule has 0 radical (unpaired) electrons. The van der Waals surface area contributed by atoms with E-state index < -0.39 is 17.7 Å². The molecule has 0 spiro atoms. The minimum Gasteiger partial charge on any atom is -0.507 e. The third-order valence-corrected chi connectivity index (χ3v) is 5.26. The molecule has 0 unspecified atom stereocenters. The number of ketones is 1. The van der Waals surface area contributed by atoms with Crippen LogP contribution < -0.4 is 4.74 Å². The molecule has 1 aromatic carbocycles. The Kier molecular flexibility index (Phi) is 5.79. The van der Waals surface area contributed by atoms with E-state index in [1.165, 1.54) is 12.0 Å². The fourth-order valence-electron chi connectivity index (χ4n) is 3.76. The van der Waals surface area contributed by atoms with Gasteiger partial charge in [-0.25, -0.2) is 4.98 Å². The van der Waals surface area contributed by atoms with Crippen molar-refractivity contribution >= 4 is 17.4 Å². The number of aliphatic hydroxyl groups excluding tert-OH is 1. The number of aryl methyl sites for hydroxylation is 1. The number of ether oxygens (including phenoxy) is 1. The minimum absolute atomic E-state index is 0.0499. The van der Waals surface area contributed by atoms with E-state index in [0.29, 0.717) is 36.4 Å². The number of carbonyl (C=O) groups is 2. The van der Waals surface area contributed by atoms with Gasteiger partial charge in [-0.3, -0.25) is 14.6 Å². The number of methoxy groups -OCH3 is 1. The van der Waals surface area contributed by atoms with Gasteiger partial charge in [0.1, 0.15) is 11.5 Å². The summed E-state index contributed by atoms with van der Waals surface area (Å²) in [5.41, 5.74) is 1.12. The van der Waals surface area contributed by atoms with Crippen molar-refractivity contribution in [3.63, 3.8) is 0 Å². The molecule has 0 aliphatic carbocycles. The van der Waals surface area contributed by atoms with E-state index in [4.69, 9.17) is 4.74 Å². The fourth-order valence-corrected chi connectivity index (χ4v) is 3.76. The Bertz CT molecular complexity index is 1110. The summed E-state index contributed by atoms with van der Waals surface area (Å²) in [6.07, 6.45) is 9.09. The molecule has 31 heavy (non-hydrogen) atoms. The topological polar surface area (TPSA) is 97.6 Å². The molecule has 1 atom stereocenters. The first-order chi connectivity index (χ1) is 15.1. The molecule has 1 saturated heterocycles. The maximum absolute atomic E-state index is 13.0. The van der Waals surface area contributed by atoms with Gasteiger partial charge in [0.25, 0.3) is 11.7 Å². The molecule has 1 N–H and O–H groups in total. The Hall–Kier alpha value is -3.94. The monoisotopic (exact) mass is 418 g/mol.